The van der Waals surface area contributed by atoms with Crippen LogP contribution in [0.25, 0.3) is 11.1 Å². The predicted molar refractivity (Wildman–Crippen MR) is 129 cm³/mol. The fourth-order valence-electron chi connectivity index (χ4n) is 2.99. The summed E-state index contributed by atoms with van der Waals surface area (Å²) in [7, 11) is 0. The number of carbonyl (C=O) groups is 3. The third-order valence-corrected chi connectivity index (χ3v) is 4.63. The van der Waals surface area contributed by atoms with E-state index in [1.165, 1.54) is 6.07 Å². The Morgan fingerprint density at radius 2 is 1.70 bits per heavy atom. The molecule has 0 saturated heterocycles. The number of amides is 2. The van der Waals surface area contributed by atoms with Gasteiger partial charge in [0.15, 0.2) is 5.78 Å². The van der Waals surface area contributed by atoms with Crippen molar-refractivity contribution >= 4 is 40.8 Å². The van der Waals surface area contributed by atoms with Crippen LogP contribution in [-0.2, 0) is 9.53 Å². The maximum Gasteiger partial charge on any atom is 0.412 e. The van der Waals surface area contributed by atoms with Crippen molar-refractivity contribution in [1.82, 2.24) is 4.98 Å². The van der Waals surface area contributed by atoms with Crippen LogP contribution in [0.1, 0.15) is 37.6 Å². The van der Waals surface area contributed by atoms with Gasteiger partial charge in [-0.15, -0.1) is 0 Å². The number of rotatable bonds is 6. The van der Waals surface area contributed by atoms with E-state index in [9.17, 15) is 14.4 Å². The summed E-state index contributed by atoms with van der Waals surface area (Å²) in [5.41, 5.74) is 1.98. The van der Waals surface area contributed by atoms with Crippen molar-refractivity contribution in [3.63, 3.8) is 0 Å². The summed E-state index contributed by atoms with van der Waals surface area (Å²) in [4.78, 5) is 41.5. The summed E-state index contributed by atoms with van der Waals surface area (Å²) in [6.07, 6.45) is 2.32. The Morgan fingerprint density at radius 3 is 2.39 bits per heavy atom. The molecule has 0 fully saturated rings. The van der Waals surface area contributed by atoms with Crippen LogP contribution in [0.2, 0.25) is 5.02 Å². The summed E-state index contributed by atoms with van der Waals surface area (Å²) in [5, 5.41) is 5.58. The van der Waals surface area contributed by atoms with Gasteiger partial charge in [0, 0.05) is 28.5 Å². The number of ketones is 1. The van der Waals surface area contributed by atoms with Crippen LogP contribution in [0.3, 0.4) is 0 Å². The molecule has 0 aliphatic carbocycles. The Labute approximate surface area is 197 Å². The number of carbonyl (C=O) groups excluding carboxylic acids is 3. The fraction of sp³-hybridized carbons (Fsp3) is 0.200. The van der Waals surface area contributed by atoms with E-state index < -0.39 is 17.6 Å². The average Bonchev–Trinajstić information content (AvgIpc) is 2.75. The SMILES string of the molecule is CC(C)(C)OC(=O)Nc1ccc(Cl)cc1NC(=O)CC(=O)c1cccc(-c2cccnc2)c1. The second kappa shape index (κ2) is 10.3. The molecule has 33 heavy (non-hydrogen) atoms. The molecule has 0 bridgehead atoms. The lowest BCUT2D eigenvalue weighted by molar-refractivity contribution is -0.115. The van der Waals surface area contributed by atoms with Gasteiger partial charge in [-0.25, -0.2) is 4.79 Å². The molecule has 0 unspecified atom stereocenters. The molecule has 8 heteroatoms. The molecule has 2 aromatic carbocycles. The van der Waals surface area contributed by atoms with Crippen LogP contribution >= 0.6 is 11.6 Å². The lowest BCUT2D eigenvalue weighted by atomic mass is 10.0. The monoisotopic (exact) mass is 465 g/mol. The average molecular weight is 466 g/mol. The van der Waals surface area contributed by atoms with Gasteiger partial charge in [-0.3, -0.25) is 19.9 Å². The highest BCUT2D eigenvalue weighted by Crippen LogP contribution is 2.27. The van der Waals surface area contributed by atoms with E-state index in [1.807, 2.05) is 18.2 Å². The Balaban J connectivity index is 1.70. The van der Waals surface area contributed by atoms with Gasteiger partial charge in [0.25, 0.3) is 0 Å². The minimum atomic E-state index is -0.684. The van der Waals surface area contributed by atoms with Crippen LogP contribution in [0.4, 0.5) is 16.2 Å². The molecule has 2 N–H and O–H groups in total. The van der Waals surface area contributed by atoms with Gasteiger partial charge in [-0.1, -0.05) is 35.9 Å². The van der Waals surface area contributed by atoms with Crippen molar-refractivity contribution in [2.45, 2.75) is 32.8 Å². The number of pyridine rings is 1. The molecule has 2 amide bonds. The maximum atomic E-state index is 12.7. The summed E-state index contributed by atoms with van der Waals surface area (Å²) in [6, 6.07) is 15.3. The Morgan fingerprint density at radius 1 is 0.939 bits per heavy atom. The van der Waals surface area contributed by atoms with Crippen LogP contribution in [0.15, 0.2) is 67.0 Å². The van der Waals surface area contributed by atoms with Crippen molar-refractivity contribution in [2.75, 3.05) is 10.6 Å². The molecule has 0 saturated carbocycles. The second-order valence-corrected chi connectivity index (χ2v) is 8.72. The Bertz CT molecular complexity index is 1170. The highest BCUT2D eigenvalue weighted by molar-refractivity contribution is 6.31. The molecule has 1 aromatic heterocycles. The zero-order chi connectivity index (χ0) is 24.0. The van der Waals surface area contributed by atoms with Gasteiger partial charge in [-0.2, -0.15) is 0 Å². The normalized spacial score (nSPS) is 10.9. The third-order valence-electron chi connectivity index (χ3n) is 4.39. The van der Waals surface area contributed by atoms with E-state index in [1.54, 1.807) is 63.5 Å². The Hall–Kier alpha value is -3.71. The summed E-state index contributed by atoms with van der Waals surface area (Å²) >= 11 is 6.05. The van der Waals surface area contributed by atoms with Gasteiger partial charge < -0.3 is 10.1 Å². The minimum Gasteiger partial charge on any atom is -0.444 e. The largest absolute Gasteiger partial charge is 0.444 e. The number of nitrogens with one attached hydrogen (secondary N) is 2. The Kier molecular flexibility index (Phi) is 7.45. The molecule has 7 nitrogen and oxygen atoms in total. The van der Waals surface area contributed by atoms with E-state index in [0.717, 1.165) is 11.1 Å². The first-order valence-corrected chi connectivity index (χ1v) is 10.6. The molecule has 1 heterocycles. The number of nitrogens with zero attached hydrogens (tertiary/aromatic N) is 1. The van der Waals surface area contributed by atoms with E-state index in [-0.39, 0.29) is 17.9 Å². The number of anilines is 2. The van der Waals surface area contributed by atoms with E-state index >= 15 is 0 Å². The van der Waals surface area contributed by atoms with E-state index in [2.05, 4.69) is 15.6 Å². The summed E-state index contributed by atoms with van der Waals surface area (Å²) in [6.45, 7) is 5.23. The number of aromatic nitrogens is 1. The number of hydrogen-bond acceptors (Lipinski definition) is 5. The number of Topliss-reactive ketones (excluding diaryl/α,β-unsaturated/α-hetero) is 1. The third kappa shape index (κ3) is 7.15. The molecule has 0 spiro atoms. The van der Waals surface area contributed by atoms with Gasteiger partial charge in [0.05, 0.1) is 17.8 Å². The first kappa shape index (κ1) is 23.9. The standard InChI is InChI=1S/C25H24ClN3O4/c1-25(2,3)33-24(32)29-20-10-9-19(26)13-21(20)28-23(31)14-22(30)17-7-4-6-16(12-17)18-8-5-11-27-15-18/h4-13,15H,14H2,1-3H3,(H,28,31)(H,29,32). The van der Waals surface area contributed by atoms with Crippen LogP contribution < -0.4 is 10.6 Å². The van der Waals surface area contributed by atoms with Crippen LogP contribution in [0.5, 0.6) is 0 Å². The van der Waals surface area contributed by atoms with Crippen molar-refractivity contribution in [1.29, 1.82) is 0 Å². The molecule has 3 aromatic rings. The van der Waals surface area contributed by atoms with Gasteiger partial charge in [-0.05, 0) is 56.7 Å². The molecular weight excluding hydrogens is 442 g/mol. The quantitative estimate of drug-likeness (QED) is 0.345. The topological polar surface area (TPSA) is 97.4 Å². The zero-order valence-corrected chi connectivity index (χ0v) is 19.3. The molecular formula is C25H24ClN3O4. The number of benzene rings is 2. The first-order valence-electron chi connectivity index (χ1n) is 10.2. The molecule has 3 rings (SSSR count). The van der Waals surface area contributed by atoms with E-state index in [4.69, 9.17) is 16.3 Å². The molecule has 0 aliphatic heterocycles. The maximum absolute atomic E-state index is 12.7. The number of halogens is 1. The van der Waals surface area contributed by atoms with Crippen molar-refractivity contribution in [2.24, 2.45) is 0 Å². The van der Waals surface area contributed by atoms with Crippen molar-refractivity contribution < 1.29 is 19.1 Å². The lowest BCUT2D eigenvalue weighted by Gasteiger charge is -2.20. The van der Waals surface area contributed by atoms with E-state index in [0.29, 0.717) is 16.3 Å². The minimum absolute atomic E-state index is 0.260. The fourth-order valence-corrected chi connectivity index (χ4v) is 3.16. The van der Waals surface area contributed by atoms with Gasteiger partial charge in [0.2, 0.25) is 5.91 Å². The molecule has 170 valence electrons. The number of ether oxygens (including phenoxy) is 1. The zero-order valence-electron chi connectivity index (χ0n) is 18.5. The van der Waals surface area contributed by atoms with Crippen molar-refractivity contribution in [3.8, 4) is 11.1 Å². The molecule has 0 radical (unpaired) electrons. The van der Waals surface area contributed by atoms with Crippen LogP contribution in [0, 0.1) is 0 Å². The number of hydrogen-bond donors (Lipinski definition) is 2. The first-order chi connectivity index (χ1) is 15.6. The van der Waals surface area contributed by atoms with Gasteiger partial charge >= 0.3 is 6.09 Å². The highest BCUT2D eigenvalue weighted by atomic mass is 35.5. The van der Waals surface area contributed by atoms with Crippen LogP contribution in [-0.4, -0.2) is 28.4 Å². The molecule has 0 atom stereocenters. The summed E-state index contributed by atoms with van der Waals surface area (Å²) < 4.78 is 5.25. The van der Waals surface area contributed by atoms with Crippen molar-refractivity contribution in [3.05, 3.63) is 77.6 Å². The molecule has 0 aliphatic rings. The highest BCUT2D eigenvalue weighted by Gasteiger charge is 2.19. The smallest absolute Gasteiger partial charge is 0.412 e. The van der Waals surface area contributed by atoms with Gasteiger partial charge in [0.1, 0.15) is 5.60 Å². The second-order valence-electron chi connectivity index (χ2n) is 8.29. The summed E-state index contributed by atoms with van der Waals surface area (Å²) in [5.74, 6) is -0.886. The predicted octanol–water partition coefficient (Wildman–Crippen LogP) is 5.96. The lowest BCUT2D eigenvalue weighted by Crippen LogP contribution is -2.27.